The molecule has 12 nitrogen and oxygen atoms in total. The van der Waals surface area contributed by atoms with Gasteiger partial charge in [-0.3, -0.25) is 9.80 Å². The molecule has 3 N–H and O–H groups in total. The average Bonchev–Trinajstić information content (AvgIpc) is 3.40. The van der Waals surface area contributed by atoms with Crippen LogP contribution >= 0.6 is 12.2 Å². The summed E-state index contributed by atoms with van der Waals surface area (Å²) < 4.78 is 40.9. The third kappa shape index (κ3) is 6.67. The molecule has 14 heteroatoms. The quantitative estimate of drug-likeness (QED) is 0.207. The van der Waals surface area contributed by atoms with Crippen LogP contribution in [0, 0.1) is 0 Å². The van der Waals surface area contributed by atoms with Gasteiger partial charge in [-0.05, 0) is 49.0 Å². The number of hydrogen-bond donors (Lipinski definition) is 2. The number of hydrogen-bond acceptors (Lipinski definition) is 9. The minimum absolute atomic E-state index is 0.278. The molecule has 0 amide bonds. The average molecular weight is 641 g/mol. The summed E-state index contributed by atoms with van der Waals surface area (Å²) in [6.07, 6.45) is 3.84. The van der Waals surface area contributed by atoms with Crippen LogP contribution in [0.25, 0.3) is 21.9 Å². The number of benzene rings is 2. The number of H-pyrrole nitrogens is 2. The van der Waals surface area contributed by atoms with Crippen LogP contribution in [0.1, 0.15) is 6.42 Å². The Morgan fingerprint density at radius 1 is 1.09 bits per heavy atom. The minimum atomic E-state index is -3.25. The van der Waals surface area contributed by atoms with Crippen LogP contribution < -0.4 is 24.7 Å². The van der Waals surface area contributed by atoms with Crippen LogP contribution in [-0.4, -0.2) is 112 Å². The molecule has 2 aliphatic rings. The molecule has 6 rings (SSSR count). The van der Waals surface area contributed by atoms with Crippen molar-refractivity contribution in [3.05, 3.63) is 42.7 Å². The minimum Gasteiger partial charge on any atom is -0.493 e. The van der Waals surface area contributed by atoms with Gasteiger partial charge < -0.3 is 29.4 Å². The summed E-state index contributed by atoms with van der Waals surface area (Å²) in [6, 6.07) is 10.7. The molecule has 2 aromatic heterocycles. The summed E-state index contributed by atoms with van der Waals surface area (Å²) in [7, 11) is -1.58. The number of rotatable bonds is 9. The van der Waals surface area contributed by atoms with Crippen molar-refractivity contribution in [1.82, 2.24) is 19.8 Å². The highest BCUT2D eigenvalue weighted by Gasteiger charge is 2.28. The Bertz CT molecular complexity index is 1730. The maximum absolute atomic E-state index is 11.8. The fraction of sp³-hybridized carbons (Fsp3) is 0.433. The molecule has 0 aliphatic carbocycles. The van der Waals surface area contributed by atoms with Crippen LogP contribution in [0.3, 0.4) is 0 Å². The van der Waals surface area contributed by atoms with Gasteiger partial charge in [-0.2, -0.15) is 0 Å². The van der Waals surface area contributed by atoms with E-state index in [0.29, 0.717) is 23.2 Å². The van der Waals surface area contributed by atoms with Crippen molar-refractivity contribution in [2.24, 2.45) is 0 Å². The van der Waals surface area contributed by atoms with Crippen molar-refractivity contribution in [3.8, 4) is 11.5 Å². The van der Waals surface area contributed by atoms with E-state index in [2.05, 4.69) is 35.0 Å². The first kappa shape index (κ1) is 30.3. The lowest BCUT2D eigenvalue weighted by Crippen LogP contribution is -2.51. The zero-order valence-electron chi connectivity index (χ0n) is 25.0. The SMILES string of the molecule is COc1cc2c(cc1OCCCN1CCOCC1)[nH]c1nc[nH+]c(N3CCN(C(=S)Nc4ccc(S(C)(=O)=O)cc4)CC3)c12. The molecule has 2 fully saturated rings. The van der Waals surface area contributed by atoms with E-state index in [4.69, 9.17) is 26.4 Å². The number of nitrogens with one attached hydrogen (secondary N) is 3. The number of thiocarbonyl (C=S) groups is 1. The highest BCUT2D eigenvalue weighted by molar-refractivity contribution is 7.90. The Morgan fingerprint density at radius 3 is 2.55 bits per heavy atom. The van der Waals surface area contributed by atoms with Crippen molar-refractivity contribution >= 4 is 60.6 Å². The number of piperazine rings is 1. The van der Waals surface area contributed by atoms with Gasteiger partial charge in [0.1, 0.15) is 5.39 Å². The Morgan fingerprint density at radius 2 is 1.84 bits per heavy atom. The fourth-order valence-electron chi connectivity index (χ4n) is 5.69. The molecule has 234 valence electrons. The van der Waals surface area contributed by atoms with Crippen LogP contribution in [0.2, 0.25) is 0 Å². The number of nitrogens with zero attached hydrogens (tertiary/aromatic N) is 4. The topological polar surface area (TPSA) is 126 Å². The second-order valence-electron chi connectivity index (χ2n) is 11.0. The summed E-state index contributed by atoms with van der Waals surface area (Å²) in [5.41, 5.74) is 2.47. The largest absolute Gasteiger partial charge is 0.493 e. The summed E-state index contributed by atoms with van der Waals surface area (Å²) in [6.45, 7) is 8.06. The number of methoxy groups -OCH3 is 1. The van der Waals surface area contributed by atoms with Crippen molar-refractivity contribution < 1.29 is 27.6 Å². The molecule has 2 aliphatic heterocycles. The van der Waals surface area contributed by atoms with Gasteiger partial charge in [-0.25, -0.2) is 13.4 Å². The molecule has 0 atom stereocenters. The van der Waals surface area contributed by atoms with E-state index in [1.54, 1.807) is 37.7 Å². The zero-order chi connectivity index (χ0) is 30.7. The van der Waals surface area contributed by atoms with Gasteiger partial charge in [0.25, 0.3) is 0 Å². The van der Waals surface area contributed by atoms with E-state index >= 15 is 0 Å². The first-order chi connectivity index (χ1) is 21.3. The smallest absolute Gasteiger partial charge is 0.234 e. The number of anilines is 2. The van der Waals surface area contributed by atoms with E-state index in [1.165, 1.54) is 6.26 Å². The predicted octanol–water partition coefficient (Wildman–Crippen LogP) is 2.56. The van der Waals surface area contributed by atoms with Crippen molar-refractivity contribution in [2.45, 2.75) is 11.3 Å². The van der Waals surface area contributed by atoms with Gasteiger partial charge in [-0.1, -0.05) is 4.98 Å². The second-order valence-corrected chi connectivity index (χ2v) is 13.4. The maximum atomic E-state index is 11.8. The molecule has 4 aromatic rings. The number of aromatic amines is 2. The molecular weight excluding hydrogens is 603 g/mol. The third-order valence-electron chi connectivity index (χ3n) is 8.09. The molecule has 44 heavy (non-hydrogen) atoms. The van der Waals surface area contributed by atoms with E-state index in [-0.39, 0.29) is 4.90 Å². The molecule has 0 bridgehead atoms. The normalized spacial score (nSPS) is 16.4. The Labute approximate surface area is 262 Å². The lowest BCUT2D eigenvalue weighted by Gasteiger charge is -2.34. The van der Waals surface area contributed by atoms with Gasteiger partial charge >= 0.3 is 0 Å². The number of sulfone groups is 1. The van der Waals surface area contributed by atoms with Crippen LogP contribution in [0.5, 0.6) is 11.5 Å². The number of fused-ring (bicyclic) bond motifs is 3. The van der Waals surface area contributed by atoms with E-state index in [9.17, 15) is 8.42 Å². The number of morpholine rings is 1. The lowest BCUT2D eigenvalue weighted by molar-refractivity contribution is -0.367. The molecule has 0 unspecified atom stereocenters. The summed E-state index contributed by atoms with van der Waals surface area (Å²) in [5, 5.41) is 5.85. The van der Waals surface area contributed by atoms with Crippen LogP contribution in [0.4, 0.5) is 11.5 Å². The maximum Gasteiger partial charge on any atom is 0.234 e. The zero-order valence-corrected chi connectivity index (χ0v) is 26.6. The molecular formula is C30H38N7O5S2+. The molecule has 4 heterocycles. The van der Waals surface area contributed by atoms with Crippen molar-refractivity contribution in [3.63, 3.8) is 0 Å². The van der Waals surface area contributed by atoms with Gasteiger partial charge in [0.2, 0.25) is 17.8 Å². The van der Waals surface area contributed by atoms with E-state index < -0.39 is 9.84 Å². The fourth-order valence-corrected chi connectivity index (χ4v) is 6.62. The van der Waals surface area contributed by atoms with Gasteiger partial charge in [0.15, 0.2) is 26.4 Å². The number of ether oxygens (including phenoxy) is 3. The molecule has 0 spiro atoms. The van der Waals surface area contributed by atoms with E-state index in [0.717, 1.165) is 98.9 Å². The molecule has 2 aromatic carbocycles. The molecule has 0 saturated carbocycles. The Balaban J connectivity index is 1.12. The second kappa shape index (κ2) is 13.1. The highest BCUT2D eigenvalue weighted by Crippen LogP contribution is 2.38. The summed E-state index contributed by atoms with van der Waals surface area (Å²) >= 11 is 5.68. The van der Waals surface area contributed by atoms with Gasteiger partial charge in [-0.15, -0.1) is 0 Å². The first-order valence-electron chi connectivity index (χ1n) is 14.7. The summed E-state index contributed by atoms with van der Waals surface area (Å²) in [5.74, 6) is 2.38. The van der Waals surface area contributed by atoms with Crippen molar-refractivity contribution in [2.75, 3.05) is 89.2 Å². The Kier molecular flexibility index (Phi) is 9.03. The predicted molar refractivity (Wildman–Crippen MR) is 174 cm³/mol. The Hall–Kier alpha value is -3.72. The van der Waals surface area contributed by atoms with Crippen molar-refractivity contribution in [1.29, 1.82) is 0 Å². The van der Waals surface area contributed by atoms with Crippen LogP contribution in [0.15, 0.2) is 47.6 Å². The summed E-state index contributed by atoms with van der Waals surface area (Å²) in [4.78, 5) is 18.5. The highest BCUT2D eigenvalue weighted by atomic mass is 32.2. The lowest BCUT2D eigenvalue weighted by atomic mass is 10.1. The van der Waals surface area contributed by atoms with Gasteiger partial charge in [0.05, 0.1) is 63.5 Å². The third-order valence-corrected chi connectivity index (χ3v) is 9.58. The van der Waals surface area contributed by atoms with E-state index in [1.807, 2.05) is 12.1 Å². The molecule has 2 saturated heterocycles. The standard InChI is InChI=1S/C30H37N7O5S2/c1-40-25-18-23-24(19-26(25)42-15-3-8-35-13-16-41-17-14-35)34-28-27(23)29(32-20-31-28)36-9-11-37(12-10-36)30(43)33-21-4-6-22(7-5-21)44(2,38)39/h4-7,18-20H,3,8-17H2,1-2H3,(H,33,43)(H,31,32,34)/p+1. The number of aromatic nitrogens is 3. The monoisotopic (exact) mass is 640 g/mol. The molecule has 0 radical (unpaired) electrons. The van der Waals surface area contributed by atoms with Gasteiger partial charge in [0, 0.05) is 43.0 Å². The first-order valence-corrected chi connectivity index (χ1v) is 17.0. The van der Waals surface area contributed by atoms with Crippen LogP contribution in [-0.2, 0) is 14.6 Å².